The molecule has 0 aromatic carbocycles. The van der Waals surface area contributed by atoms with Gasteiger partial charge in [0.05, 0.1) is 25.6 Å². The molecule has 0 unspecified atom stereocenters. The molecule has 2 rings (SSSR count). The van der Waals surface area contributed by atoms with E-state index in [0.29, 0.717) is 11.2 Å². The smallest absolute Gasteiger partial charge is 0.170 e. The van der Waals surface area contributed by atoms with E-state index < -0.39 is 17.9 Å². The number of fused-ring (bicyclic) bond motifs is 1. The molecule has 9 nitrogen and oxygen atoms in total. The minimum absolute atomic E-state index is 0.215. The number of nitrogens with zero attached hydrogens (tertiary/aromatic N) is 4. The molecule has 116 valence electrons. The first kappa shape index (κ1) is 15.6. The van der Waals surface area contributed by atoms with Crippen LogP contribution in [-0.4, -0.2) is 60.3 Å². The molecule has 0 radical (unpaired) electrons. The van der Waals surface area contributed by atoms with Crippen LogP contribution in [0.4, 0.5) is 5.82 Å². The van der Waals surface area contributed by atoms with E-state index in [1.165, 1.54) is 24.1 Å². The predicted molar refractivity (Wildman–Crippen MR) is 74.1 cm³/mol. The van der Waals surface area contributed by atoms with Crippen molar-refractivity contribution in [2.75, 3.05) is 18.9 Å². The Morgan fingerprint density at radius 2 is 2.00 bits per heavy atom. The molecule has 0 aliphatic carbocycles. The van der Waals surface area contributed by atoms with Gasteiger partial charge in [-0.05, 0) is 13.8 Å². The molecule has 2 heterocycles. The van der Waals surface area contributed by atoms with Crippen molar-refractivity contribution in [2.24, 2.45) is 0 Å². The zero-order chi connectivity index (χ0) is 15.6. The van der Waals surface area contributed by atoms with Crippen molar-refractivity contribution in [1.29, 1.82) is 0 Å². The molecule has 0 fully saturated rings. The summed E-state index contributed by atoms with van der Waals surface area (Å²) in [6, 6.07) is 0. The van der Waals surface area contributed by atoms with Crippen molar-refractivity contribution in [1.82, 2.24) is 19.5 Å². The number of nitrogens with two attached hydrogens (primary N) is 1. The first-order chi connectivity index (χ1) is 9.93. The highest BCUT2D eigenvalue weighted by Gasteiger charge is 2.37. The van der Waals surface area contributed by atoms with Gasteiger partial charge in [0, 0.05) is 0 Å². The standard InChI is InChI=1S/C12H19N5O4/c1-7(20)12(2,21-8(3-18)4-19)17-6-16-9-10(13)14-5-15-11(9)17/h5-8,18-20H,3-4H2,1-2H3,(H2,13,14,15)/t7-,12+/m0/s1. The molecule has 0 aliphatic heterocycles. The average molecular weight is 297 g/mol. The summed E-state index contributed by atoms with van der Waals surface area (Å²) in [6.45, 7) is 2.36. The Labute approximate surface area is 121 Å². The molecule has 0 aliphatic rings. The third kappa shape index (κ3) is 2.68. The van der Waals surface area contributed by atoms with Gasteiger partial charge in [0.15, 0.2) is 17.2 Å². The Balaban J connectivity index is 2.52. The molecular weight excluding hydrogens is 278 g/mol. The number of aromatic nitrogens is 4. The first-order valence-corrected chi connectivity index (χ1v) is 6.45. The fraction of sp³-hybridized carbons (Fsp3) is 0.583. The third-order valence-electron chi connectivity index (χ3n) is 3.43. The van der Waals surface area contributed by atoms with Gasteiger partial charge in [0.2, 0.25) is 0 Å². The van der Waals surface area contributed by atoms with Crippen molar-refractivity contribution in [2.45, 2.75) is 31.8 Å². The van der Waals surface area contributed by atoms with Crippen LogP contribution in [-0.2, 0) is 10.5 Å². The molecule has 2 atom stereocenters. The fourth-order valence-corrected chi connectivity index (χ4v) is 2.00. The lowest BCUT2D eigenvalue weighted by Crippen LogP contribution is -2.47. The molecule has 9 heteroatoms. The number of anilines is 1. The van der Waals surface area contributed by atoms with Crippen LogP contribution in [0, 0.1) is 0 Å². The zero-order valence-corrected chi connectivity index (χ0v) is 11.8. The highest BCUT2D eigenvalue weighted by atomic mass is 16.6. The number of imidazole rings is 1. The van der Waals surface area contributed by atoms with Crippen LogP contribution in [0.1, 0.15) is 13.8 Å². The summed E-state index contributed by atoms with van der Waals surface area (Å²) in [5, 5.41) is 28.5. The number of hydrogen-bond acceptors (Lipinski definition) is 8. The fourth-order valence-electron chi connectivity index (χ4n) is 2.00. The minimum Gasteiger partial charge on any atom is -0.394 e. The van der Waals surface area contributed by atoms with Gasteiger partial charge in [-0.1, -0.05) is 0 Å². The van der Waals surface area contributed by atoms with E-state index >= 15 is 0 Å². The number of ether oxygens (including phenoxy) is 1. The number of aliphatic hydroxyl groups is 3. The van der Waals surface area contributed by atoms with E-state index in [1.807, 2.05) is 0 Å². The van der Waals surface area contributed by atoms with Gasteiger partial charge in [-0.2, -0.15) is 0 Å². The Bertz CT molecular complexity index is 613. The van der Waals surface area contributed by atoms with Crippen LogP contribution >= 0.6 is 0 Å². The van der Waals surface area contributed by atoms with Crippen molar-refractivity contribution < 1.29 is 20.1 Å². The molecule has 21 heavy (non-hydrogen) atoms. The maximum atomic E-state index is 10.1. The first-order valence-electron chi connectivity index (χ1n) is 6.45. The van der Waals surface area contributed by atoms with Crippen molar-refractivity contribution >= 4 is 17.0 Å². The summed E-state index contributed by atoms with van der Waals surface area (Å²) >= 11 is 0. The van der Waals surface area contributed by atoms with Gasteiger partial charge in [0.25, 0.3) is 0 Å². The lowest BCUT2D eigenvalue weighted by molar-refractivity contribution is -0.204. The molecule has 2 aromatic heterocycles. The van der Waals surface area contributed by atoms with Crippen LogP contribution in [0.5, 0.6) is 0 Å². The topological polar surface area (TPSA) is 140 Å². The normalized spacial score (nSPS) is 16.3. The summed E-state index contributed by atoms with van der Waals surface area (Å²) in [7, 11) is 0. The molecule has 0 amide bonds. The highest BCUT2D eigenvalue weighted by Crippen LogP contribution is 2.28. The van der Waals surface area contributed by atoms with Gasteiger partial charge < -0.3 is 25.8 Å². The molecule has 0 saturated heterocycles. The molecule has 0 bridgehead atoms. The second kappa shape index (κ2) is 5.90. The van der Waals surface area contributed by atoms with Crippen LogP contribution in [0.25, 0.3) is 11.2 Å². The summed E-state index contributed by atoms with van der Waals surface area (Å²) in [5.74, 6) is 0.215. The average Bonchev–Trinajstić information content (AvgIpc) is 2.90. The van der Waals surface area contributed by atoms with Gasteiger partial charge >= 0.3 is 0 Å². The molecule has 0 spiro atoms. The van der Waals surface area contributed by atoms with E-state index in [4.69, 9.17) is 10.5 Å². The Hall–Kier alpha value is -1.81. The van der Waals surface area contributed by atoms with Crippen LogP contribution in [0.3, 0.4) is 0 Å². The van der Waals surface area contributed by atoms with Gasteiger partial charge in [-0.3, -0.25) is 4.57 Å². The molecular formula is C12H19N5O4. The van der Waals surface area contributed by atoms with E-state index in [9.17, 15) is 15.3 Å². The van der Waals surface area contributed by atoms with Crippen molar-refractivity contribution in [3.05, 3.63) is 12.7 Å². The van der Waals surface area contributed by atoms with Gasteiger partial charge in [-0.25, -0.2) is 15.0 Å². The van der Waals surface area contributed by atoms with Gasteiger partial charge in [-0.15, -0.1) is 0 Å². The van der Waals surface area contributed by atoms with Gasteiger partial charge in [0.1, 0.15) is 17.9 Å². The van der Waals surface area contributed by atoms with E-state index in [0.717, 1.165) is 0 Å². The number of aliphatic hydroxyl groups excluding tert-OH is 3. The van der Waals surface area contributed by atoms with Crippen molar-refractivity contribution in [3.63, 3.8) is 0 Å². The Morgan fingerprint density at radius 1 is 1.33 bits per heavy atom. The maximum Gasteiger partial charge on any atom is 0.170 e. The van der Waals surface area contributed by atoms with E-state index in [1.54, 1.807) is 6.92 Å². The Kier molecular flexibility index (Phi) is 4.37. The summed E-state index contributed by atoms with van der Waals surface area (Å²) in [4.78, 5) is 12.1. The molecule has 2 aromatic rings. The van der Waals surface area contributed by atoms with E-state index in [-0.39, 0.29) is 19.0 Å². The number of rotatable bonds is 6. The number of nitrogen functional groups attached to an aromatic ring is 1. The predicted octanol–water partition coefficient (Wildman–Crippen LogP) is -1.17. The van der Waals surface area contributed by atoms with Crippen LogP contribution in [0.15, 0.2) is 12.7 Å². The summed E-state index contributed by atoms with van der Waals surface area (Å²) < 4.78 is 7.17. The quantitative estimate of drug-likeness (QED) is 0.523. The monoisotopic (exact) mass is 297 g/mol. The second-order valence-corrected chi connectivity index (χ2v) is 4.88. The van der Waals surface area contributed by atoms with Crippen molar-refractivity contribution in [3.8, 4) is 0 Å². The SMILES string of the molecule is C[C@H](O)[C@@](C)(OC(CO)CO)n1cnc2c(N)ncnc21. The molecule has 5 N–H and O–H groups in total. The van der Waals surface area contributed by atoms with Crippen LogP contribution in [0.2, 0.25) is 0 Å². The largest absolute Gasteiger partial charge is 0.394 e. The zero-order valence-electron chi connectivity index (χ0n) is 11.8. The third-order valence-corrected chi connectivity index (χ3v) is 3.43. The lowest BCUT2D eigenvalue weighted by Gasteiger charge is -2.36. The highest BCUT2D eigenvalue weighted by molar-refractivity contribution is 5.81. The van der Waals surface area contributed by atoms with Crippen LogP contribution < -0.4 is 5.73 Å². The summed E-state index contributed by atoms with van der Waals surface area (Å²) in [5.41, 5.74) is 5.22. The Morgan fingerprint density at radius 3 is 2.57 bits per heavy atom. The second-order valence-electron chi connectivity index (χ2n) is 4.88. The minimum atomic E-state index is -1.29. The lowest BCUT2D eigenvalue weighted by atomic mass is 10.1. The molecule has 0 saturated carbocycles. The number of hydrogen-bond donors (Lipinski definition) is 4. The maximum absolute atomic E-state index is 10.1. The van der Waals surface area contributed by atoms with E-state index in [2.05, 4.69) is 15.0 Å². The summed E-state index contributed by atoms with van der Waals surface area (Å²) in [6.07, 6.45) is 0.898.